The molecule has 0 fully saturated rings. The summed E-state index contributed by atoms with van der Waals surface area (Å²) in [6.45, 7) is 3.57. The van der Waals surface area contributed by atoms with Gasteiger partial charge < -0.3 is 15.2 Å². The van der Waals surface area contributed by atoms with Gasteiger partial charge in [0.1, 0.15) is 12.3 Å². The first-order valence-electron chi connectivity index (χ1n) is 7.77. The van der Waals surface area contributed by atoms with E-state index in [0.717, 1.165) is 0 Å². The van der Waals surface area contributed by atoms with Crippen molar-refractivity contribution in [3.63, 3.8) is 0 Å². The second-order valence-electron chi connectivity index (χ2n) is 5.79. The fraction of sp³-hybridized carbons (Fsp3) is 0.353. The molecule has 0 aliphatic heterocycles. The SMILES string of the molecule is Cc1noc(C)c1C(C)C(=O)Nc1ccccc1C(=O)NCC(F)(F)F. The topological polar surface area (TPSA) is 84.2 Å². The zero-order valence-electron chi connectivity index (χ0n) is 14.4. The van der Waals surface area contributed by atoms with Gasteiger partial charge in [-0.2, -0.15) is 13.2 Å². The lowest BCUT2D eigenvalue weighted by molar-refractivity contribution is -0.123. The van der Waals surface area contributed by atoms with Gasteiger partial charge >= 0.3 is 6.18 Å². The van der Waals surface area contributed by atoms with Crippen LogP contribution in [0.5, 0.6) is 0 Å². The highest BCUT2D eigenvalue weighted by Crippen LogP contribution is 2.25. The van der Waals surface area contributed by atoms with E-state index in [4.69, 9.17) is 4.52 Å². The molecule has 9 heteroatoms. The first-order chi connectivity index (χ1) is 12.1. The van der Waals surface area contributed by atoms with Crippen molar-refractivity contribution in [2.24, 2.45) is 0 Å². The number of halogens is 3. The maximum absolute atomic E-state index is 12.5. The van der Waals surface area contributed by atoms with Gasteiger partial charge in [-0.3, -0.25) is 9.59 Å². The van der Waals surface area contributed by atoms with Gasteiger partial charge in [0.15, 0.2) is 0 Å². The lowest BCUT2D eigenvalue weighted by Gasteiger charge is -2.15. The molecule has 1 aromatic carbocycles. The molecule has 0 aliphatic carbocycles. The van der Waals surface area contributed by atoms with Gasteiger partial charge in [-0.1, -0.05) is 17.3 Å². The molecule has 1 atom stereocenters. The maximum atomic E-state index is 12.5. The van der Waals surface area contributed by atoms with Crippen molar-refractivity contribution in [2.75, 3.05) is 11.9 Å². The van der Waals surface area contributed by atoms with Gasteiger partial charge in [-0.15, -0.1) is 0 Å². The fourth-order valence-corrected chi connectivity index (χ4v) is 2.55. The molecule has 0 saturated heterocycles. The highest BCUT2D eigenvalue weighted by molar-refractivity contribution is 6.05. The van der Waals surface area contributed by atoms with E-state index in [1.807, 2.05) is 0 Å². The van der Waals surface area contributed by atoms with Gasteiger partial charge in [0.25, 0.3) is 5.91 Å². The molecular weight excluding hydrogens is 351 g/mol. The second-order valence-corrected chi connectivity index (χ2v) is 5.79. The monoisotopic (exact) mass is 369 g/mol. The summed E-state index contributed by atoms with van der Waals surface area (Å²) >= 11 is 0. The molecule has 0 saturated carbocycles. The number of para-hydroxylation sites is 1. The Kier molecular flexibility index (Phi) is 5.69. The van der Waals surface area contributed by atoms with Crippen molar-refractivity contribution in [2.45, 2.75) is 32.9 Å². The molecule has 6 nitrogen and oxygen atoms in total. The Balaban J connectivity index is 2.17. The molecule has 1 aromatic heterocycles. The summed E-state index contributed by atoms with van der Waals surface area (Å²) in [5, 5.41) is 8.16. The van der Waals surface area contributed by atoms with Crippen LogP contribution in [0.3, 0.4) is 0 Å². The third kappa shape index (κ3) is 4.62. The summed E-state index contributed by atoms with van der Waals surface area (Å²) < 4.78 is 41.9. The van der Waals surface area contributed by atoms with E-state index in [1.54, 1.807) is 32.2 Å². The minimum Gasteiger partial charge on any atom is -0.361 e. The maximum Gasteiger partial charge on any atom is 0.405 e. The van der Waals surface area contributed by atoms with E-state index in [0.29, 0.717) is 17.0 Å². The summed E-state index contributed by atoms with van der Waals surface area (Å²) in [7, 11) is 0. The van der Waals surface area contributed by atoms with E-state index in [1.165, 1.54) is 18.2 Å². The Morgan fingerprint density at radius 3 is 2.46 bits per heavy atom. The number of hydrogen-bond acceptors (Lipinski definition) is 4. The standard InChI is InChI=1S/C17H18F3N3O3/c1-9(14-10(2)23-26-11(14)3)15(24)22-13-7-5-4-6-12(13)16(25)21-8-17(18,19)20/h4-7,9H,8H2,1-3H3,(H,21,25)(H,22,24). The molecule has 0 spiro atoms. The quantitative estimate of drug-likeness (QED) is 0.847. The zero-order chi connectivity index (χ0) is 19.5. The fourth-order valence-electron chi connectivity index (χ4n) is 2.55. The Morgan fingerprint density at radius 1 is 1.23 bits per heavy atom. The first kappa shape index (κ1) is 19.5. The van der Waals surface area contributed by atoms with Crippen LogP contribution in [0.15, 0.2) is 28.8 Å². The summed E-state index contributed by atoms with van der Waals surface area (Å²) in [6.07, 6.45) is -4.52. The van der Waals surface area contributed by atoms with Gasteiger partial charge in [0, 0.05) is 5.56 Å². The van der Waals surface area contributed by atoms with Crippen molar-refractivity contribution in [3.8, 4) is 0 Å². The molecule has 1 heterocycles. The zero-order valence-corrected chi connectivity index (χ0v) is 14.4. The van der Waals surface area contributed by atoms with Crippen LogP contribution < -0.4 is 10.6 Å². The number of nitrogens with one attached hydrogen (secondary N) is 2. The summed E-state index contributed by atoms with van der Waals surface area (Å²) in [5.74, 6) is -1.48. The predicted molar refractivity (Wildman–Crippen MR) is 87.9 cm³/mol. The molecule has 1 unspecified atom stereocenters. The third-order valence-electron chi connectivity index (χ3n) is 3.79. The second kappa shape index (κ2) is 7.59. The van der Waals surface area contributed by atoms with Crippen molar-refractivity contribution in [1.29, 1.82) is 0 Å². The van der Waals surface area contributed by atoms with Gasteiger partial charge in [0.05, 0.1) is 22.9 Å². The molecular formula is C17H18F3N3O3. The number of benzene rings is 1. The summed E-state index contributed by atoms with van der Waals surface area (Å²) in [6, 6.07) is 5.84. The molecule has 26 heavy (non-hydrogen) atoms. The van der Waals surface area contributed by atoms with Crippen molar-refractivity contribution < 1.29 is 27.3 Å². The number of alkyl halides is 3. The minimum atomic E-state index is -4.52. The first-order valence-corrected chi connectivity index (χ1v) is 7.77. The van der Waals surface area contributed by atoms with Crippen LogP contribution in [0, 0.1) is 13.8 Å². The third-order valence-corrected chi connectivity index (χ3v) is 3.79. The molecule has 2 N–H and O–H groups in total. The van der Waals surface area contributed by atoms with E-state index in [2.05, 4.69) is 10.5 Å². The number of hydrogen-bond donors (Lipinski definition) is 2. The van der Waals surface area contributed by atoms with Crippen molar-refractivity contribution >= 4 is 17.5 Å². The lowest BCUT2D eigenvalue weighted by atomic mass is 9.98. The smallest absolute Gasteiger partial charge is 0.361 e. The highest BCUT2D eigenvalue weighted by Gasteiger charge is 2.29. The molecule has 2 amide bonds. The number of carbonyl (C=O) groups excluding carboxylic acids is 2. The highest BCUT2D eigenvalue weighted by atomic mass is 19.4. The van der Waals surface area contributed by atoms with Crippen molar-refractivity contribution in [1.82, 2.24) is 10.5 Å². The molecule has 2 rings (SSSR count). The van der Waals surface area contributed by atoms with Crippen LogP contribution >= 0.6 is 0 Å². The van der Waals surface area contributed by atoms with Crippen LogP contribution in [0.25, 0.3) is 0 Å². The number of nitrogens with zero attached hydrogens (tertiary/aromatic N) is 1. The van der Waals surface area contributed by atoms with Crippen LogP contribution in [-0.2, 0) is 4.79 Å². The predicted octanol–water partition coefficient (Wildman–Crippen LogP) is 3.33. The summed E-state index contributed by atoms with van der Waals surface area (Å²) in [4.78, 5) is 24.5. The Labute approximate surface area is 147 Å². The minimum absolute atomic E-state index is 0.0592. The van der Waals surface area contributed by atoms with Crippen LogP contribution in [-0.4, -0.2) is 29.7 Å². The van der Waals surface area contributed by atoms with E-state index in [-0.39, 0.29) is 11.3 Å². The van der Waals surface area contributed by atoms with Crippen LogP contribution in [0.4, 0.5) is 18.9 Å². The molecule has 0 aliphatic rings. The number of rotatable bonds is 5. The Hall–Kier alpha value is -2.84. The normalized spacial score (nSPS) is 12.5. The lowest BCUT2D eigenvalue weighted by Crippen LogP contribution is -2.34. The van der Waals surface area contributed by atoms with Gasteiger partial charge in [0.2, 0.25) is 5.91 Å². The van der Waals surface area contributed by atoms with Crippen LogP contribution in [0.2, 0.25) is 0 Å². The average Bonchev–Trinajstić information content (AvgIpc) is 2.90. The van der Waals surface area contributed by atoms with E-state index < -0.39 is 30.5 Å². The van der Waals surface area contributed by atoms with Crippen LogP contribution in [0.1, 0.15) is 40.2 Å². The Morgan fingerprint density at radius 2 is 1.88 bits per heavy atom. The number of anilines is 1. The van der Waals surface area contributed by atoms with E-state index in [9.17, 15) is 22.8 Å². The molecule has 140 valence electrons. The number of aryl methyl sites for hydroxylation is 2. The number of carbonyl (C=O) groups is 2. The Bertz CT molecular complexity index is 796. The number of amides is 2. The average molecular weight is 369 g/mol. The molecule has 0 bridgehead atoms. The molecule has 2 aromatic rings. The number of aromatic nitrogens is 1. The van der Waals surface area contributed by atoms with E-state index >= 15 is 0 Å². The van der Waals surface area contributed by atoms with Gasteiger partial charge in [-0.25, -0.2) is 0 Å². The molecule has 0 radical (unpaired) electrons. The van der Waals surface area contributed by atoms with Crippen molar-refractivity contribution in [3.05, 3.63) is 46.8 Å². The largest absolute Gasteiger partial charge is 0.405 e. The summed E-state index contributed by atoms with van der Waals surface area (Å²) in [5.41, 5.74) is 1.26. The van der Waals surface area contributed by atoms with Gasteiger partial charge in [-0.05, 0) is 32.9 Å².